The van der Waals surface area contributed by atoms with E-state index in [0.717, 1.165) is 24.3 Å². The fraction of sp³-hybridized carbons (Fsp3) is 0.944. The van der Waals surface area contributed by atoms with Gasteiger partial charge in [0.05, 0.1) is 4.99 Å². The van der Waals surface area contributed by atoms with E-state index < -0.39 is 0 Å². The molecule has 124 valence electrons. The summed E-state index contributed by atoms with van der Waals surface area (Å²) >= 11 is 5.85. The van der Waals surface area contributed by atoms with E-state index in [2.05, 4.69) is 29.0 Å². The lowest BCUT2D eigenvalue weighted by Crippen LogP contribution is -2.68. The number of nitrogens with one attached hydrogen (secondary N) is 1. The van der Waals surface area contributed by atoms with Crippen LogP contribution in [0.5, 0.6) is 0 Å². The van der Waals surface area contributed by atoms with Crippen molar-refractivity contribution in [3.05, 3.63) is 0 Å². The number of piperidine rings is 4. The first-order valence-corrected chi connectivity index (χ1v) is 9.84. The van der Waals surface area contributed by atoms with Gasteiger partial charge in [-0.3, -0.25) is 4.90 Å². The van der Waals surface area contributed by atoms with Gasteiger partial charge in [-0.2, -0.15) is 0 Å². The summed E-state index contributed by atoms with van der Waals surface area (Å²) in [5.74, 6) is 1.74. The minimum atomic E-state index is 0.563. The van der Waals surface area contributed by atoms with Gasteiger partial charge in [0, 0.05) is 37.1 Å². The summed E-state index contributed by atoms with van der Waals surface area (Å²) in [6, 6.07) is 2.74. The van der Waals surface area contributed by atoms with Gasteiger partial charge in [0.1, 0.15) is 0 Å². The van der Waals surface area contributed by atoms with E-state index in [1.807, 2.05) is 0 Å². The van der Waals surface area contributed by atoms with Crippen LogP contribution in [0.25, 0.3) is 0 Å². The molecule has 0 aromatic heterocycles. The van der Waals surface area contributed by atoms with Gasteiger partial charge >= 0.3 is 0 Å². The Morgan fingerprint density at radius 1 is 1.18 bits per heavy atom. The lowest BCUT2D eigenvalue weighted by atomic mass is 9.67. The first-order chi connectivity index (χ1) is 10.6. The normalized spacial score (nSPS) is 42.2. The van der Waals surface area contributed by atoms with Gasteiger partial charge < -0.3 is 10.2 Å². The van der Waals surface area contributed by atoms with Gasteiger partial charge in [-0.15, -0.1) is 0 Å². The molecule has 4 heterocycles. The Bertz CT molecular complexity index is 436. The Labute approximate surface area is 140 Å². The number of fused-ring (bicyclic) bond motifs is 2. The van der Waals surface area contributed by atoms with Crippen molar-refractivity contribution >= 4 is 17.2 Å². The summed E-state index contributed by atoms with van der Waals surface area (Å²) in [4.78, 5) is 6.74. The Balaban J connectivity index is 1.57. The van der Waals surface area contributed by atoms with Crippen molar-refractivity contribution in [3.8, 4) is 0 Å². The van der Waals surface area contributed by atoms with Crippen molar-refractivity contribution in [2.45, 2.75) is 76.5 Å². The molecule has 4 aliphatic rings. The monoisotopic (exact) mass is 321 g/mol. The van der Waals surface area contributed by atoms with Gasteiger partial charge in [0.15, 0.2) is 0 Å². The summed E-state index contributed by atoms with van der Waals surface area (Å²) in [6.07, 6.45) is 8.04. The van der Waals surface area contributed by atoms with Crippen molar-refractivity contribution in [2.75, 3.05) is 19.6 Å². The van der Waals surface area contributed by atoms with Crippen LogP contribution in [0.4, 0.5) is 0 Å². The molecule has 4 fully saturated rings. The third kappa shape index (κ3) is 2.61. The van der Waals surface area contributed by atoms with E-state index >= 15 is 0 Å². The maximum Gasteiger partial charge on any atom is 0.0797 e. The quantitative estimate of drug-likeness (QED) is 0.788. The fourth-order valence-corrected chi connectivity index (χ4v) is 6.30. The first kappa shape index (κ1) is 15.3. The number of rotatable bonds is 2. The molecule has 22 heavy (non-hydrogen) atoms. The lowest BCUT2D eigenvalue weighted by Gasteiger charge is -2.60. The zero-order valence-corrected chi connectivity index (χ0v) is 14.9. The van der Waals surface area contributed by atoms with Crippen LogP contribution in [0.2, 0.25) is 0 Å². The van der Waals surface area contributed by atoms with Gasteiger partial charge in [0.25, 0.3) is 0 Å². The molecule has 0 saturated carbocycles. The number of thiocarbonyl (C=S) groups is 1. The minimum absolute atomic E-state index is 0.563. The van der Waals surface area contributed by atoms with Crippen molar-refractivity contribution in [1.29, 1.82) is 0 Å². The zero-order valence-electron chi connectivity index (χ0n) is 14.1. The largest absolute Gasteiger partial charge is 0.362 e. The number of hydrogen-bond acceptors (Lipinski definition) is 3. The molecule has 4 heteroatoms. The fourth-order valence-electron chi connectivity index (χ4n) is 5.89. The highest BCUT2D eigenvalue weighted by molar-refractivity contribution is 7.80. The number of hydrogen-bond donors (Lipinski definition) is 1. The Morgan fingerprint density at radius 3 is 2.73 bits per heavy atom. The molecular weight excluding hydrogens is 290 g/mol. The van der Waals surface area contributed by atoms with Crippen LogP contribution >= 0.6 is 12.2 Å². The van der Waals surface area contributed by atoms with Crippen LogP contribution in [0.3, 0.4) is 0 Å². The summed E-state index contributed by atoms with van der Waals surface area (Å²) in [7, 11) is 0. The second kappa shape index (κ2) is 6.03. The third-order valence-corrected chi connectivity index (χ3v) is 6.91. The highest BCUT2D eigenvalue weighted by Gasteiger charge is 2.50. The highest BCUT2D eigenvalue weighted by atomic mass is 32.1. The molecule has 0 spiro atoms. The van der Waals surface area contributed by atoms with Crippen LogP contribution in [0.15, 0.2) is 0 Å². The Morgan fingerprint density at radius 2 is 1.95 bits per heavy atom. The maximum atomic E-state index is 5.85. The van der Waals surface area contributed by atoms with Crippen LogP contribution in [0.1, 0.15) is 52.4 Å². The molecule has 0 radical (unpaired) electrons. The molecule has 0 aromatic rings. The van der Waals surface area contributed by atoms with Crippen molar-refractivity contribution in [1.82, 2.24) is 15.1 Å². The average molecular weight is 322 g/mol. The average Bonchev–Trinajstić information content (AvgIpc) is 2.48. The molecule has 4 saturated heterocycles. The highest BCUT2D eigenvalue weighted by Crippen LogP contribution is 2.44. The van der Waals surface area contributed by atoms with Crippen LogP contribution < -0.4 is 5.32 Å². The third-order valence-electron chi connectivity index (χ3n) is 6.51. The lowest BCUT2D eigenvalue weighted by molar-refractivity contribution is -0.0621. The first-order valence-electron chi connectivity index (χ1n) is 9.43. The topological polar surface area (TPSA) is 18.5 Å². The van der Waals surface area contributed by atoms with E-state index in [9.17, 15) is 0 Å². The Hall–Kier alpha value is -0.190. The van der Waals surface area contributed by atoms with Crippen LogP contribution in [-0.2, 0) is 0 Å². The molecule has 1 N–H and O–H groups in total. The predicted octanol–water partition coefficient (Wildman–Crippen LogP) is 2.65. The van der Waals surface area contributed by atoms with Crippen LogP contribution in [-0.4, -0.2) is 58.6 Å². The summed E-state index contributed by atoms with van der Waals surface area (Å²) in [6.45, 7) is 8.46. The maximum absolute atomic E-state index is 5.85. The van der Waals surface area contributed by atoms with E-state index in [0.29, 0.717) is 18.1 Å². The van der Waals surface area contributed by atoms with Crippen molar-refractivity contribution in [2.24, 2.45) is 11.8 Å². The molecule has 5 atom stereocenters. The molecule has 0 amide bonds. The summed E-state index contributed by atoms with van der Waals surface area (Å²) in [5.41, 5.74) is 0. The second-order valence-corrected chi connectivity index (χ2v) is 8.78. The second-order valence-electron chi connectivity index (χ2n) is 8.31. The van der Waals surface area contributed by atoms with Crippen molar-refractivity contribution < 1.29 is 0 Å². The molecule has 3 nitrogen and oxygen atoms in total. The summed E-state index contributed by atoms with van der Waals surface area (Å²) < 4.78 is 0. The Kier molecular flexibility index (Phi) is 4.20. The van der Waals surface area contributed by atoms with Crippen LogP contribution in [0, 0.1) is 11.8 Å². The smallest absolute Gasteiger partial charge is 0.0797 e. The molecule has 0 aromatic carbocycles. The van der Waals surface area contributed by atoms with E-state index in [-0.39, 0.29) is 0 Å². The minimum Gasteiger partial charge on any atom is -0.362 e. The standard InChI is InChI=1S/C18H31N3S/c1-12(2)19-14-9-16-15-6-4-8-20-7-3-5-13(18(15)20)11-21(16)17(22)10-14/h12-16,18-19H,3-11H2,1-2H3/t13-,14-,15+,16+,18-/m0/s1. The number of nitrogens with zero attached hydrogens (tertiary/aromatic N) is 2. The van der Waals surface area contributed by atoms with E-state index in [4.69, 9.17) is 12.2 Å². The van der Waals surface area contributed by atoms with E-state index in [1.165, 1.54) is 56.7 Å². The SMILES string of the molecule is CC(C)N[C@@H]1CC(=S)N2C[C@@H]3CCCN4CCC[C@@H]([C@H]34)[C@H]2C1. The molecule has 0 aliphatic carbocycles. The van der Waals surface area contributed by atoms with Crippen molar-refractivity contribution in [3.63, 3.8) is 0 Å². The zero-order chi connectivity index (χ0) is 15.3. The predicted molar refractivity (Wildman–Crippen MR) is 95.2 cm³/mol. The summed E-state index contributed by atoms with van der Waals surface area (Å²) in [5, 5.41) is 3.76. The van der Waals surface area contributed by atoms with E-state index in [1.54, 1.807) is 0 Å². The molecule has 4 rings (SSSR count). The van der Waals surface area contributed by atoms with Gasteiger partial charge in [-0.1, -0.05) is 26.1 Å². The van der Waals surface area contributed by atoms with Gasteiger partial charge in [-0.05, 0) is 57.0 Å². The molecule has 4 aliphatic heterocycles. The molecular formula is C18H31N3S. The molecule has 0 unspecified atom stereocenters. The molecule has 0 bridgehead atoms. The van der Waals surface area contributed by atoms with Gasteiger partial charge in [0.2, 0.25) is 0 Å². The van der Waals surface area contributed by atoms with Gasteiger partial charge in [-0.25, -0.2) is 0 Å².